The van der Waals surface area contributed by atoms with Crippen LogP contribution in [0.1, 0.15) is 30.4 Å². The summed E-state index contributed by atoms with van der Waals surface area (Å²) in [5.41, 5.74) is 2.15. The second kappa shape index (κ2) is 5.72. The van der Waals surface area contributed by atoms with Gasteiger partial charge in [0, 0.05) is 11.4 Å². The molecule has 0 radical (unpaired) electrons. The maximum Gasteiger partial charge on any atom is 0.311 e. The van der Waals surface area contributed by atoms with Gasteiger partial charge in [0.2, 0.25) is 5.91 Å². The number of benzene rings is 1. The Balaban J connectivity index is 1.47. The van der Waals surface area contributed by atoms with Crippen molar-refractivity contribution in [1.29, 1.82) is 0 Å². The van der Waals surface area contributed by atoms with E-state index in [1.165, 1.54) is 29.3 Å². The third kappa shape index (κ3) is 3.23. The van der Waals surface area contributed by atoms with Gasteiger partial charge < -0.3 is 10.4 Å². The van der Waals surface area contributed by atoms with E-state index in [0.717, 1.165) is 17.7 Å². The molecule has 2 N–H and O–H groups in total. The van der Waals surface area contributed by atoms with Crippen LogP contribution in [-0.4, -0.2) is 29.3 Å². The molecule has 0 spiro atoms. The van der Waals surface area contributed by atoms with Crippen molar-refractivity contribution in [3.63, 3.8) is 0 Å². The smallest absolute Gasteiger partial charge is 0.311 e. The second-order valence-electron chi connectivity index (χ2n) is 5.93. The summed E-state index contributed by atoms with van der Waals surface area (Å²) in [5.74, 6) is -0.545. The number of fused-ring (bicyclic) bond motifs is 1. The van der Waals surface area contributed by atoms with Crippen LogP contribution in [0.15, 0.2) is 23.1 Å². The van der Waals surface area contributed by atoms with E-state index >= 15 is 0 Å². The number of aryl methyl sites for hydroxylation is 2. The number of carboxylic acid groups (broad SMARTS) is 1. The number of hydrogen-bond donors (Lipinski definition) is 2. The molecule has 1 amide bonds. The van der Waals surface area contributed by atoms with Crippen molar-refractivity contribution in [2.45, 2.75) is 37.0 Å². The average Bonchev–Trinajstić information content (AvgIpc) is 3.13. The molecule has 2 aliphatic rings. The van der Waals surface area contributed by atoms with E-state index in [2.05, 4.69) is 23.5 Å². The minimum Gasteiger partial charge on any atom is -0.481 e. The standard InChI is InChI=1S/C16H19NO3S/c18-14(17-10-16(6-7-16)15(19)20)9-21-13-5-4-11-2-1-3-12(11)8-13/h4-5,8H,1-3,6-7,9-10H2,(H,17,18)(H,19,20). The molecule has 0 saturated heterocycles. The normalized spacial score (nSPS) is 18.1. The Morgan fingerprint density at radius 3 is 2.71 bits per heavy atom. The van der Waals surface area contributed by atoms with E-state index in [1.54, 1.807) is 0 Å². The Morgan fingerprint density at radius 1 is 1.24 bits per heavy atom. The van der Waals surface area contributed by atoms with Gasteiger partial charge in [0.1, 0.15) is 0 Å². The first-order valence-electron chi connectivity index (χ1n) is 7.34. The maximum atomic E-state index is 11.8. The summed E-state index contributed by atoms with van der Waals surface area (Å²) in [6.07, 6.45) is 4.86. The van der Waals surface area contributed by atoms with Gasteiger partial charge in [-0.2, -0.15) is 0 Å². The predicted octanol–water partition coefficient (Wildman–Crippen LogP) is 2.25. The van der Waals surface area contributed by atoms with E-state index in [-0.39, 0.29) is 12.5 Å². The van der Waals surface area contributed by atoms with Gasteiger partial charge in [0.15, 0.2) is 0 Å². The van der Waals surface area contributed by atoms with Gasteiger partial charge in [-0.05, 0) is 55.4 Å². The molecule has 0 aromatic heterocycles. The fourth-order valence-corrected chi connectivity index (χ4v) is 3.51. The highest BCUT2D eigenvalue weighted by molar-refractivity contribution is 8.00. The number of thioether (sulfide) groups is 1. The van der Waals surface area contributed by atoms with Crippen LogP contribution in [-0.2, 0) is 22.4 Å². The number of carbonyl (C=O) groups excluding carboxylic acids is 1. The van der Waals surface area contributed by atoms with Crippen molar-refractivity contribution >= 4 is 23.6 Å². The minimum atomic E-state index is -0.797. The highest BCUT2D eigenvalue weighted by atomic mass is 32.2. The van der Waals surface area contributed by atoms with Crippen LogP contribution in [0.3, 0.4) is 0 Å². The first kappa shape index (κ1) is 14.4. The Labute approximate surface area is 128 Å². The lowest BCUT2D eigenvalue weighted by Gasteiger charge is -2.11. The molecule has 0 unspecified atom stereocenters. The molecule has 112 valence electrons. The zero-order valence-corrected chi connectivity index (χ0v) is 12.7. The monoisotopic (exact) mass is 305 g/mol. The molecule has 1 aromatic rings. The number of aliphatic carboxylic acids is 1. The number of amides is 1. The molecule has 0 heterocycles. The van der Waals surface area contributed by atoms with Crippen molar-refractivity contribution in [3.8, 4) is 0 Å². The van der Waals surface area contributed by atoms with Gasteiger partial charge >= 0.3 is 5.97 Å². The summed E-state index contributed by atoms with van der Waals surface area (Å²) in [6, 6.07) is 6.41. The van der Waals surface area contributed by atoms with Crippen molar-refractivity contribution in [2.75, 3.05) is 12.3 Å². The SMILES string of the molecule is O=C(CSc1ccc2c(c1)CCC2)NCC1(C(=O)O)CC1. The maximum absolute atomic E-state index is 11.8. The zero-order chi connectivity index (χ0) is 14.9. The minimum absolute atomic E-state index is 0.0898. The Kier molecular flexibility index (Phi) is 3.93. The molecule has 5 heteroatoms. The van der Waals surface area contributed by atoms with Gasteiger partial charge in [-0.15, -0.1) is 11.8 Å². The van der Waals surface area contributed by atoms with Crippen LogP contribution in [0.25, 0.3) is 0 Å². The highest BCUT2D eigenvalue weighted by Gasteiger charge is 2.50. The van der Waals surface area contributed by atoms with E-state index in [0.29, 0.717) is 18.6 Å². The summed E-state index contributed by atoms with van der Waals surface area (Å²) in [7, 11) is 0. The number of nitrogens with one attached hydrogen (secondary N) is 1. The molecule has 1 fully saturated rings. The Bertz CT molecular complexity index is 581. The first-order chi connectivity index (χ1) is 10.1. The van der Waals surface area contributed by atoms with E-state index in [4.69, 9.17) is 5.11 Å². The van der Waals surface area contributed by atoms with Crippen molar-refractivity contribution in [1.82, 2.24) is 5.32 Å². The summed E-state index contributed by atoms with van der Waals surface area (Å²) in [5, 5.41) is 11.8. The summed E-state index contributed by atoms with van der Waals surface area (Å²) in [6.45, 7) is 0.256. The molecule has 4 nitrogen and oxygen atoms in total. The topological polar surface area (TPSA) is 66.4 Å². The van der Waals surface area contributed by atoms with Crippen LogP contribution < -0.4 is 5.32 Å². The summed E-state index contributed by atoms with van der Waals surface area (Å²) >= 11 is 1.51. The van der Waals surface area contributed by atoms with Crippen LogP contribution >= 0.6 is 11.8 Å². The van der Waals surface area contributed by atoms with Crippen molar-refractivity contribution < 1.29 is 14.7 Å². The van der Waals surface area contributed by atoms with E-state index < -0.39 is 11.4 Å². The average molecular weight is 305 g/mol. The molecule has 0 atom stereocenters. The summed E-state index contributed by atoms with van der Waals surface area (Å²) < 4.78 is 0. The molecule has 1 saturated carbocycles. The lowest BCUT2D eigenvalue weighted by atomic mass is 10.1. The molecule has 1 aromatic carbocycles. The molecule has 2 aliphatic carbocycles. The molecule has 0 bridgehead atoms. The Hall–Kier alpha value is -1.49. The quantitative estimate of drug-likeness (QED) is 0.791. The number of hydrogen-bond acceptors (Lipinski definition) is 3. The van der Waals surface area contributed by atoms with Gasteiger partial charge in [0.25, 0.3) is 0 Å². The lowest BCUT2D eigenvalue weighted by molar-refractivity contribution is -0.143. The van der Waals surface area contributed by atoms with Gasteiger partial charge in [-0.3, -0.25) is 9.59 Å². The third-order valence-corrected chi connectivity index (χ3v) is 5.36. The predicted molar refractivity (Wildman–Crippen MR) is 81.5 cm³/mol. The summed E-state index contributed by atoms with van der Waals surface area (Å²) in [4.78, 5) is 24.0. The zero-order valence-electron chi connectivity index (χ0n) is 11.9. The molecule has 21 heavy (non-hydrogen) atoms. The van der Waals surface area contributed by atoms with Crippen LogP contribution in [0.4, 0.5) is 0 Å². The van der Waals surface area contributed by atoms with Crippen molar-refractivity contribution in [3.05, 3.63) is 29.3 Å². The Morgan fingerprint density at radius 2 is 2.00 bits per heavy atom. The lowest BCUT2D eigenvalue weighted by Crippen LogP contribution is -2.35. The van der Waals surface area contributed by atoms with Gasteiger partial charge in [-0.25, -0.2) is 0 Å². The van der Waals surface area contributed by atoms with Crippen molar-refractivity contribution in [2.24, 2.45) is 5.41 Å². The largest absolute Gasteiger partial charge is 0.481 e. The fourth-order valence-electron chi connectivity index (χ4n) is 2.72. The van der Waals surface area contributed by atoms with Gasteiger partial charge in [0.05, 0.1) is 11.2 Å². The first-order valence-corrected chi connectivity index (χ1v) is 8.32. The van der Waals surface area contributed by atoms with Crippen LogP contribution in [0, 0.1) is 5.41 Å². The number of carboxylic acids is 1. The van der Waals surface area contributed by atoms with E-state index in [1.807, 2.05) is 0 Å². The van der Waals surface area contributed by atoms with Crippen LogP contribution in [0.5, 0.6) is 0 Å². The molecular formula is C16H19NO3S. The fraction of sp³-hybridized carbons (Fsp3) is 0.500. The number of carbonyl (C=O) groups is 2. The molecular weight excluding hydrogens is 286 g/mol. The third-order valence-electron chi connectivity index (χ3n) is 4.37. The van der Waals surface area contributed by atoms with E-state index in [9.17, 15) is 9.59 Å². The highest BCUT2D eigenvalue weighted by Crippen LogP contribution is 2.45. The molecule has 3 rings (SSSR count). The van der Waals surface area contributed by atoms with Crippen LogP contribution in [0.2, 0.25) is 0 Å². The number of rotatable bonds is 6. The second-order valence-corrected chi connectivity index (χ2v) is 6.98. The molecule has 0 aliphatic heterocycles. The van der Waals surface area contributed by atoms with Gasteiger partial charge in [-0.1, -0.05) is 6.07 Å².